The quantitative estimate of drug-likeness (QED) is 0.849. The first-order chi connectivity index (χ1) is 12.5. The molecule has 0 unspecified atom stereocenters. The third-order valence-corrected chi connectivity index (χ3v) is 4.42. The van der Waals surface area contributed by atoms with Crippen LogP contribution in [0.5, 0.6) is 0 Å². The molecule has 138 valence electrons. The Morgan fingerprint density at radius 2 is 1.69 bits per heavy atom. The Balaban J connectivity index is 1.66. The number of hydrogen-bond donors (Lipinski definition) is 1. The number of H-pyrrole nitrogens is 1. The van der Waals surface area contributed by atoms with Crippen LogP contribution in [0.3, 0.4) is 0 Å². The van der Waals surface area contributed by atoms with Crippen LogP contribution in [0.25, 0.3) is 0 Å². The molecular weight excluding hydrogens is 347 g/mol. The molecule has 5 nitrogen and oxygen atoms in total. The fraction of sp³-hybridized carbons (Fsp3) is 0.333. The number of amides is 2. The van der Waals surface area contributed by atoms with Crippen LogP contribution < -0.4 is 0 Å². The van der Waals surface area contributed by atoms with Crippen molar-refractivity contribution < 1.29 is 22.8 Å². The minimum Gasteiger partial charge on any atom is -0.367 e. The van der Waals surface area contributed by atoms with Gasteiger partial charge in [-0.25, -0.2) is 13.2 Å². The molecule has 1 N–H and O–H groups in total. The van der Waals surface area contributed by atoms with Gasteiger partial charge in [0.2, 0.25) is 5.91 Å². The Morgan fingerprint density at radius 1 is 0.962 bits per heavy atom. The topological polar surface area (TPSA) is 56.4 Å². The largest absolute Gasteiger partial charge is 0.367 e. The summed E-state index contributed by atoms with van der Waals surface area (Å²) in [7, 11) is 0. The molecule has 1 aromatic heterocycles. The lowest BCUT2D eigenvalue weighted by Crippen LogP contribution is -2.38. The number of nitrogens with one attached hydrogen (secondary N) is 1. The second-order valence-corrected chi connectivity index (χ2v) is 6.15. The zero-order valence-electron chi connectivity index (χ0n) is 14.0. The standard InChI is InChI=1S/C18H18F3N3O2/c19-14-3-2-13(16(20)17(14)21)18(26)24-7-1-6-23(8-9-24)15(25)10-12-4-5-22-11-12/h2-5,11,22H,1,6-10H2. The molecule has 1 aromatic carbocycles. The maximum absolute atomic E-state index is 13.9. The molecule has 0 saturated carbocycles. The summed E-state index contributed by atoms with van der Waals surface area (Å²) in [6, 6.07) is 3.49. The van der Waals surface area contributed by atoms with Gasteiger partial charge in [-0.2, -0.15) is 0 Å². The van der Waals surface area contributed by atoms with Gasteiger partial charge in [0.25, 0.3) is 5.91 Å². The number of rotatable bonds is 3. The van der Waals surface area contributed by atoms with Crippen LogP contribution >= 0.6 is 0 Å². The van der Waals surface area contributed by atoms with E-state index in [4.69, 9.17) is 0 Å². The van der Waals surface area contributed by atoms with Crippen molar-refractivity contribution in [3.63, 3.8) is 0 Å². The van der Waals surface area contributed by atoms with E-state index in [1.807, 2.05) is 6.07 Å². The highest BCUT2D eigenvalue weighted by Crippen LogP contribution is 2.18. The van der Waals surface area contributed by atoms with Crippen molar-refractivity contribution >= 4 is 11.8 Å². The van der Waals surface area contributed by atoms with Crippen LogP contribution in [0.1, 0.15) is 22.3 Å². The van der Waals surface area contributed by atoms with Crippen molar-refractivity contribution in [2.24, 2.45) is 0 Å². The summed E-state index contributed by atoms with van der Waals surface area (Å²) in [4.78, 5) is 30.7. The molecule has 0 aliphatic carbocycles. The van der Waals surface area contributed by atoms with Gasteiger partial charge in [0.05, 0.1) is 12.0 Å². The highest BCUT2D eigenvalue weighted by Gasteiger charge is 2.26. The molecule has 2 heterocycles. The van der Waals surface area contributed by atoms with Gasteiger partial charge in [-0.1, -0.05) is 0 Å². The van der Waals surface area contributed by atoms with Crippen molar-refractivity contribution in [2.75, 3.05) is 26.2 Å². The lowest BCUT2D eigenvalue weighted by atomic mass is 10.1. The Labute approximate surface area is 148 Å². The fourth-order valence-corrected chi connectivity index (χ4v) is 2.99. The number of halogens is 3. The minimum atomic E-state index is -1.66. The fourth-order valence-electron chi connectivity index (χ4n) is 2.99. The molecule has 26 heavy (non-hydrogen) atoms. The van der Waals surface area contributed by atoms with E-state index in [-0.39, 0.29) is 18.9 Å². The molecule has 0 bridgehead atoms. The van der Waals surface area contributed by atoms with Crippen molar-refractivity contribution in [2.45, 2.75) is 12.8 Å². The first kappa shape index (κ1) is 18.0. The molecule has 1 aliphatic heterocycles. The predicted octanol–water partition coefficient (Wildman–Crippen LogP) is 2.35. The Kier molecular flexibility index (Phi) is 5.29. The number of benzene rings is 1. The summed E-state index contributed by atoms with van der Waals surface area (Å²) in [5, 5.41) is 0. The average molecular weight is 365 g/mol. The third kappa shape index (κ3) is 3.74. The molecule has 3 rings (SSSR count). The third-order valence-electron chi connectivity index (χ3n) is 4.42. The molecule has 2 amide bonds. The summed E-state index contributed by atoms with van der Waals surface area (Å²) in [6.45, 7) is 1.30. The average Bonchev–Trinajstić information content (AvgIpc) is 3.00. The Hall–Kier alpha value is -2.77. The van der Waals surface area contributed by atoms with Crippen molar-refractivity contribution in [1.82, 2.24) is 14.8 Å². The van der Waals surface area contributed by atoms with E-state index in [0.29, 0.717) is 26.1 Å². The van der Waals surface area contributed by atoms with E-state index < -0.39 is 28.9 Å². The normalized spacial score (nSPS) is 15.0. The smallest absolute Gasteiger partial charge is 0.257 e. The van der Waals surface area contributed by atoms with E-state index in [1.54, 1.807) is 17.3 Å². The maximum atomic E-state index is 13.9. The molecular formula is C18H18F3N3O2. The summed E-state index contributed by atoms with van der Waals surface area (Å²) in [5.41, 5.74) is 0.368. The summed E-state index contributed by atoms with van der Waals surface area (Å²) >= 11 is 0. The molecule has 1 aliphatic rings. The predicted molar refractivity (Wildman–Crippen MR) is 87.9 cm³/mol. The van der Waals surface area contributed by atoms with Gasteiger partial charge in [0, 0.05) is 38.6 Å². The van der Waals surface area contributed by atoms with E-state index >= 15 is 0 Å². The van der Waals surface area contributed by atoms with Gasteiger partial charge >= 0.3 is 0 Å². The van der Waals surface area contributed by atoms with Crippen LogP contribution in [0, 0.1) is 17.5 Å². The number of nitrogens with zero attached hydrogens (tertiary/aromatic N) is 2. The van der Waals surface area contributed by atoms with Crippen molar-refractivity contribution in [1.29, 1.82) is 0 Å². The van der Waals surface area contributed by atoms with Gasteiger partial charge in [-0.3, -0.25) is 9.59 Å². The van der Waals surface area contributed by atoms with Gasteiger partial charge in [0.15, 0.2) is 17.5 Å². The summed E-state index contributed by atoms with van der Waals surface area (Å²) in [5.74, 6) is -5.25. The van der Waals surface area contributed by atoms with Gasteiger partial charge in [-0.15, -0.1) is 0 Å². The monoisotopic (exact) mass is 365 g/mol. The Morgan fingerprint density at radius 3 is 2.42 bits per heavy atom. The number of carbonyl (C=O) groups excluding carboxylic acids is 2. The van der Waals surface area contributed by atoms with Crippen LogP contribution in [0.4, 0.5) is 13.2 Å². The number of aromatic amines is 1. The number of carbonyl (C=O) groups is 2. The Bertz CT molecular complexity index is 808. The zero-order valence-corrected chi connectivity index (χ0v) is 14.0. The lowest BCUT2D eigenvalue weighted by Gasteiger charge is -2.22. The first-order valence-electron chi connectivity index (χ1n) is 8.29. The SMILES string of the molecule is O=C(Cc1cc[nH]c1)N1CCCN(C(=O)c2ccc(F)c(F)c2F)CC1. The number of hydrogen-bond acceptors (Lipinski definition) is 2. The zero-order chi connectivity index (χ0) is 18.7. The second kappa shape index (κ2) is 7.63. The summed E-state index contributed by atoms with van der Waals surface area (Å²) < 4.78 is 40.3. The van der Waals surface area contributed by atoms with Crippen LogP contribution in [-0.2, 0) is 11.2 Å². The molecule has 2 aromatic rings. The summed E-state index contributed by atoms with van der Waals surface area (Å²) in [6.07, 6.45) is 4.27. The minimum absolute atomic E-state index is 0.0575. The lowest BCUT2D eigenvalue weighted by molar-refractivity contribution is -0.130. The molecule has 0 atom stereocenters. The van der Waals surface area contributed by atoms with Crippen molar-refractivity contribution in [3.8, 4) is 0 Å². The van der Waals surface area contributed by atoms with Gasteiger partial charge in [-0.05, 0) is 30.2 Å². The first-order valence-corrected chi connectivity index (χ1v) is 8.29. The van der Waals surface area contributed by atoms with E-state index in [2.05, 4.69) is 4.98 Å². The highest BCUT2D eigenvalue weighted by atomic mass is 19.2. The molecule has 0 radical (unpaired) electrons. The molecule has 1 fully saturated rings. The van der Waals surface area contributed by atoms with E-state index in [0.717, 1.165) is 17.7 Å². The molecule has 1 saturated heterocycles. The van der Waals surface area contributed by atoms with Crippen LogP contribution in [0.2, 0.25) is 0 Å². The van der Waals surface area contributed by atoms with Gasteiger partial charge < -0.3 is 14.8 Å². The van der Waals surface area contributed by atoms with E-state index in [1.165, 1.54) is 4.90 Å². The second-order valence-electron chi connectivity index (χ2n) is 6.15. The molecule has 8 heteroatoms. The number of aromatic nitrogens is 1. The van der Waals surface area contributed by atoms with Crippen molar-refractivity contribution in [3.05, 3.63) is 59.2 Å². The van der Waals surface area contributed by atoms with Gasteiger partial charge in [0.1, 0.15) is 0 Å². The van der Waals surface area contributed by atoms with Crippen LogP contribution in [0.15, 0.2) is 30.6 Å². The van der Waals surface area contributed by atoms with E-state index in [9.17, 15) is 22.8 Å². The molecule has 0 spiro atoms. The highest BCUT2D eigenvalue weighted by molar-refractivity contribution is 5.94. The maximum Gasteiger partial charge on any atom is 0.257 e. The van der Waals surface area contributed by atoms with Crippen LogP contribution in [-0.4, -0.2) is 52.8 Å².